The predicted octanol–water partition coefficient (Wildman–Crippen LogP) is 2.47. The van der Waals surface area contributed by atoms with E-state index in [2.05, 4.69) is 12.2 Å². The number of carbonyl (C=O) groups is 1. The SMILES string of the molecule is CC1CC1c1ccc(CCC(=O)NCC(C)(C)CO)o1. The fourth-order valence-corrected chi connectivity index (χ4v) is 2.17. The zero-order valence-electron chi connectivity index (χ0n) is 12.6. The molecule has 1 aromatic heterocycles. The van der Waals surface area contributed by atoms with E-state index in [1.807, 2.05) is 26.0 Å². The third-order valence-corrected chi connectivity index (χ3v) is 3.95. The molecule has 2 rings (SSSR count). The predicted molar refractivity (Wildman–Crippen MR) is 77.4 cm³/mol. The van der Waals surface area contributed by atoms with Gasteiger partial charge in [0.2, 0.25) is 5.91 Å². The van der Waals surface area contributed by atoms with Gasteiger partial charge in [-0.05, 0) is 24.5 Å². The van der Waals surface area contributed by atoms with E-state index < -0.39 is 0 Å². The zero-order chi connectivity index (χ0) is 14.8. The molecular weight excluding hydrogens is 254 g/mol. The fraction of sp³-hybridized carbons (Fsp3) is 0.688. The quantitative estimate of drug-likeness (QED) is 0.806. The smallest absolute Gasteiger partial charge is 0.220 e. The second-order valence-corrected chi connectivity index (χ2v) is 6.72. The van der Waals surface area contributed by atoms with Crippen molar-refractivity contribution in [1.29, 1.82) is 0 Å². The molecule has 2 N–H and O–H groups in total. The molecule has 0 aromatic carbocycles. The first-order valence-corrected chi connectivity index (χ1v) is 7.37. The van der Waals surface area contributed by atoms with Crippen LogP contribution in [-0.4, -0.2) is 24.2 Å². The van der Waals surface area contributed by atoms with E-state index in [0.29, 0.717) is 25.3 Å². The molecular formula is C16H25NO3. The van der Waals surface area contributed by atoms with Gasteiger partial charge in [0.1, 0.15) is 11.5 Å². The number of amides is 1. The standard InChI is InChI=1S/C16H25NO3/c1-11-8-13(11)14-6-4-12(20-14)5-7-15(19)17-9-16(2,3)10-18/h4,6,11,13,18H,5,7-10H2,1-3H3,(H,17,19). The average molecular weight is 279 g/mol. The summed E-state index contributed by atoms with van der Waals surface area (Å²) in [5.74, 6) is 3.27. The van der Waals surface area contributed by atoms with Gasteiger partial charge in [-0.2, -0.15) is 0 Å². The maximum Gasteiger partial charge on any atom is 0.220 e. The average Bonchev–Trinajstić information content (AvgIpc) is 2.97. The summed E-state index contributed by atoms with van der Waals surface area (Å²) in [4.78, 5) is 11.7. The summed E-state index contributed by atoms with van der Waals surface area (Å²) in [5.41, 5.74) is -0.268. The van der Waals surface area contributed by atoms with Crippen molar-refractivity contribution in [3.63, 3.8) is 0 Å². The van der Waals surface area contributed by atoms with Crippen LogP contribution < -0.4 is 5.32 Å². The lowest BCUT2D eigenvalue weighted by molar-refractivity contribution is -0.121. The fourth-order valence-electron chi connectivity index (χ4n) is 2.17. The molecule has 0 radical (unpaired) electrons. The molecule has 0 spiro atoms. The van der Waals surface area contributed by atoms with Crippen LogP contribution in [0.25, 0.3) is 0 Å². The minimum Gasteiger partial charge on any atom is -0.466 e. The number of aryl methyl sites for hydroxylation is 1. The Morgan fingerprint density at radius 2 is 2.20 bits per heavy atom. The van der Waals surface area contributed by atoms with Gasteiger partial charge >= 0.3 is 0 Å². The number of rotatable bonds is 7. The van der Waals surface area contributed by atoms with E-state index in [0.717, 1.165) is 17.4 Å². The number of aliphatic hydroxyl groups excluding tert-OH is 1. The van der Waals surface area contributed by atoms with Crippen LogP contribution in [0.1, 0.15) is 51.1 Å². The van der Waals surface area contributed by atoms with Crippen LogP contribution in [0.2, 0.25) is 0 Å². The summed E-state index contributed by atoms with van der Waals surface area (Å²) in [6.07, 6.45) is 2.27. The minimum atomic E-state index is -0.268. The summed E-state index contributed by atoms with van der Waals surface area (Å²) in [5, 5.41) is 12.0. The van der Waals surface area contributed by atoms with E-state index in [9.17, 15) is 4.79 Å². The number of aliphatic hydroxyl groups is 1. The number of nitrogens with one attached hydrogen (secondary N) is 1. The third kappa shape index (κ3) is 4.10. The Labute approximate surface area is 120 Å². The minimum absolute atomic E-state index is 0.00395. The number of carbonyl (C=O) groups excluding carboxylic acids is 1. The molecule has 0 bridgehead atoms. The van der Waals surface area contributed by atoms with Crippen molar-refractivity contribution in [2.75, 3.05) is 13.2 Å². The van der Waals surface area contributed by atoms with Crippen LogP contribution in [0.3, 0.4) is 0 Å². The molecule has 2 unspecified atom stereocenters. The van der Waals surface area contributed by atoms with Crippen LogP contribution >= 0.6 is 0 Å². The van der Waals surface area contributed by atoms with Crippen LogP contribution in [0, 0.1) is 11.3 Å². The number of furan rings is 1. The molecule has 1 saturated carbocycles. The highest BCUT2D eigenvalue weighted by Crippen LogP contribution is 2.47. The summed E-state index contributed by atoms with van der Waals surface area (Å²) >= 11 is 0. The monoisotopic (exact) mass is 279 g/mol. The van der Waals surface area contributed by atoms with Crippen LogP contribution in [0.5, 0.6) is 0 Å². The van der Waals surface area contributed by atoms with E-state index in [1.54, 1.807) is 0 Å². The van der Waals surface area contributed by atoms with Crippen molar-refractivity contribution in [3.8, 4) is 0 Å². The second-order valence-electron chi connectivity index (χ2n) is 6.72. The molecule has 112 valence electrons. The Hall–Kier alpha value is -1.29. The first-order chi connectivity index (χ1) is 9.41. The molecule has 1 aliphatic carbocycles. The van der Waals surface area contributed by atoms with Gasteiger partial charge in [0.05, 0.1) is 0 Å². The largest absolute Gasteiger partial charge is 0.466 e. The molecule has 0 aliphatic heterocycles. The number of hydrogen-bond donors (Lipinski definition) is 2. The van der Waals surface area contributed by atoms with Crippen molar-refractivity contribution in [2.24, 2.45) is 11.3 Å². The van der Waals surface area contributed by atoms with Crippen LogP contribution in [-0.2, 0) is 11.2 Å². The van der Waals surface area contributed by atoms with Gasteiger partial charge in [0.25, 0.3) is 0 Å². The van der Waals surface area contributed by atoms with Gasteiger partial charge in [-0.25, -0.2) is 0 Å². The van der Waals surface area contributed by atoms with Crippen molar-refractivity contribution in [2.45, 2.75) is 46.0 Å². The molecule has 1 aliphatic rings. The Morgan fingerprint density at radius 3 is 2.80 bits per heavy atom. The van der Waals surface area contributed by atoms with E-state index in [1.165, 1.54) is 6.42 Å². The van der Waals surface area contributed by atoms with E-state index >= 15 is 0 Å². The lowest BCUT2D eigenvalue weighted by Crippen LogP contribution is -2.36. The summed E-state index contributed by atoms with van der Waals surface area (Å²) in [6.45, 7) is 6.62. The van der Waals surface area contributed by atoms with Gasteiger partial charge in [-0.3, -0.25) is 4.79 Å². The molecule has 2 atom stereocenters. The summed E-state index contributed by atoms with van der Waals surface area (Å²) in [6, 6.07) is 4.02. The van der Waals surface area contributed by atoms with Gasteiger partial charge in [-0.1, -0.05) is 20.8 Å². The molecule has 20 heavy (non-hydrogen) atoms. The Balaban J connectivity index is 1.72. The molecule has 4 heteroatoms. The van der Waals surface area contributed by atoms with E-state index in [4.69, 9.17) is 9.52 Å². The molecule has 1 aromatic rings. The van der Waals surface area contributed by atoms with Gasteiger partial charge in [0, 0.05) is 37.3 Å². The van der Waals surface area contributed by atoms with Crippen molar-refractivity contribution >= 4 is 5.91 Å². The Bertz CT molecular complexity index is 464. The topological polar surface area (TPSA) is 62.5 Å². The molecule has 1 heterocycles. The molecule has 0 saturated heterocycles. The first kappa shape index (κ1) is 15.1. The molecule has 1 fully saturated rings. The third-order valence-electron chi connectivity index (χ3n) is 3.95. The van der Waals surface area contributed by atoms with Crippen molar-refractivity contribution in [1.82, 2.24) is 5.32 Å². The lowest BCUT2D eigenvalue weighted by Gasteiger charge is -2.21. The Morgan fingerprint density at radius 1 is 1.50 bits per heavy atom. The second kappa shape index (κ2) is 6.00. The summed E-state index contributed by atoms with van der Waals surface area (Å²) < 4.78 is 5.77. The van der Waals surface area contributed by atoms with Gasteiger partial charge in [-0.15, -0.1) is 0 Å². The normalized spacial score (nSPS) is 21.8. The maximum absolute atomic E-state index is 11.7. The Kier molecular flexibility index (Phi) is 4.53. The van der Waals surface area contributed by atoms with Crippen molar-refractivity contribution < 1.29 is 14.3 Å². The highest BCUT2D eigenvalue weighted by Gasteiger charge is 2.36. The van der Waals surface area contributed by atoms with Crippen molar-refractivity contribution in [3.05, 3.63) is 23.7 Å². The number of hydrogen-bond acceptors (Lipinski definition) is 3. The highest BCUT2D eigenvalue weighted by molar-refractivity contribution is 5.76. The van der Waals surface area contributed by atoms with Crippen LogP contribution in [0.15, 0.2) is 16.5 Å². The lowest BCUT2D eigenvalue weighted by atomic mass is 9.95. The van der Waals surface area contributed by atoms with Gasteiger partial charge in [0.15, 0.2) is 0 Å². The maximum atomic E-state index is 11.7. The van der Waals surface area contributed by atoms with Crippen LogP contribution in [0.4, 0.5) is 0 Å². The highest BCUT2D eigenvalue weighted by atomic mass is 16.3. The molecule has 1 amide bonds. The summed E-state index contributed by atoms with van der Waals surface area (Å²) in [7, 11) is 0. The zero-order valence-corrected chi connectivity index (χ0v) is 12.6. The molecule has 4 nitrogen and oxygen atoms in total. The van der Waals surface area contributed by atoms with Gasteiger partial charge < -0.3 is 14.8 Å². The first-order valence-electron chi connectivity index (χ1n) is 7.37. The van der Waals surface area contributed by atoms with E-state index in [-0.39, 0.29) is 17.9 Å².